The number of alkyl halides is 5. The van der Waals surface area contributed by atoms with Crippen LogP contribution in [0.15, 0.2) is 29.2 Å². The van der Waals surface area contributed by atoms with Crippen molar-refractivity contribution in [1.82, 2.24) is 0 Å². The molecule has 0 aliphatic carbocycles. The van der Waals surface area contributed by atoms with Gasteiger partial charge in [0.2, 0.25) is 6.43 Å². The van der Waals surface area contributed by atoms with Gasteiger partial charge in [-0.25, -0.2) is 17.2 Å². The first-order valence-electron chi connectivity index (χ1n) is 6.06. The molecule has 2 rings (SSSR count). The number of halogens is 5. The normalized spacial score (nSPS) is 17.1. The van der Waals surface area contributed by atoms with Gasteiger partial charge in [-0.1, -0.05) is 0 Å². The lowest BCUT2D eigenvalue weighted by Gasteiger charge is -2.41. The maximum Gasteiger partial charge on any atom is 0.501 e. The zero-order chi connectivity index (χ0) is 15.8. The third kappa shape index (κ3) is 3.28. The second-order valence-electron chi connectivity index (χ2n) is 4.84. The Morgan fingerprint density at radius 2 is 1.67 bits per heavy atom. The molecule has 118 valence electrons. The fourth-order valence-corrected chi connectivity index (χ4v) is 2.91. The molecule has 0 saturated carbocycles. The van der Waals surface area contributed by atoms with Crippen LogP contribution in [0.2, 0.25) is 0 Å². The molecule has 1 aliphatic heterocycles. The van der Waals surface area contributed by atoms with Gasteiger partial charge in [0.25, 0.3) is 9.84 Å². The number of hydrogen-bond donors (Lipinski definition) is 0. The summed E-state index contributed by atoms with van der Waals surface area (Å²) in [5.74, 6) is -0.149. The van der Waals surface area contributed by atoms with Crippen molar-refractivity contribution < 1.29 is 30.4 Å². The molecule has 0 N–H and O–H groups in total. The summed E-state index contributed by atoms with van der Waals surface area (Å²) in [6.07, 6.45) is -2.59. The van der Waals surface area contributed by atoms with Gasteiger partial charge in [-0.2, -0.15) is 13.2 Å². The van der Waals surface area contributed by atoms with Crippen LogP contribution in [0.5, 0.6) is 0 Å². The Kier molecular flexibility index (Phi) is 4.14. The zero-order valence-electron chi connectivity index (χ0n) is 10.6. The summed E-state index contributed by atoms with van der Waals surface area (Å²) in [6, 6.07) is 4.24. The van der Waals surface area contributed by atoms with Crippen LogP contribution in [0.1, 0.15) is 6.42 Å². The summed E-state index contributed by atoms with van der Waals surface area (Å²) in [7, 11) is -5.35. The predicted octanol–water partition coefficient (Wildman–Crippen LogP) is 3.07. The first-order valence-corrected chi connectivity index (χ1v) is 7.54. The molecule has 0 aromatic heterocycles. The molecule has 1 aliphatic rings. The van der Waals surface area contributed by atoms with E-state index in [0.29, 0.717) is 18.8 Å². The molecule has 0 atom stereocenters. The summed E-state index contributed by atoms with van der Waals surface area (Å²) in [6.45, 7) is 0.769. The average Bonchev–Trinajstić information content (AvgIpc) is 2.32. The molecule has 0 amide bonds. The van der Waals surface area contributed by atoms with Crippen LogP contribution in [0.3, 0.4) is 0 Å². The van der Waals surface area contributed by atoms with E-state index in [1.165, 1.54) is 12.1 Å². The van der Waals surface area contributed by atoms with Gasteiger partial charge in [0.05, 0.1) is 4.90 Å². The van der Waals surface area contributed by atoms with Crippen LogP contribution in [0.4, 0.5) is 27.6 Å². The quantitative estimate of drug-likeness (QED) is 0.797. The largest absolute Gasteiger partial charge is 0.501 e. The maximum absolute atomic E-state index is 12.4. The smallest absolute Gasteiger partial charge is 0.371 e. The molecule has 0 bridgehead atoms. The van der Waals surface area contributed by atoms with Gasteiger partial charge in [-0.05, 0) is 30.2 Å². The van der Waals surface area contributed by atoms with Crippen molar-refractivity contribution in [1.29, 1.82) is 0 Å². The summed E-state index contributed by atoms with van der Waals surface area (Å²) in [5.41, 5.74) is -4.82. The Labute approximate surface area is 118 Å². The monoisotopic (exact) mass is 329 g/mol. The maximum atomic E-state index is 12.4. The lowest BCUT2D eigenvalue weighted by Crippen LogP contribution is -2.47. The molecule has 1 heterocycles. The molecule has 9 heteroatoms. The van der Waals surface area contributed by atoms with E-state index in [4.69, 9.17) is 0 Å². The molecule has 0 radical (unpaired) electrons. The third-order valence-electron chi connectivity index (χ3n) is 3.29. The van der Waals surface area contributed by atoms with Gasteiger partial charge in [0, 0.05) is 25.2 Å². The van der Waals surface area contributed by atoms with Gasteiger partial charge < -0.3 is 4.90 Å². The highest BCUT2D eigenvalue weighted by atomic mass is 32.2. The Bertz CT molecular complexity index is 591. The van der Waals surface area contributed by atoms with Gasteiger partial charge in [0.1, 0.15) is 0 Å². The van der Waals surface area contributed by atoms with E-state index in [-0.39, 0.29) is 12.3 Å². The van der Waals surface area contributed by atoms with E-state index < -0.39 is 26.7 Å². The van der Waals surface area contributed by atoms with E-state index in [0.717, 1.165) is 12.1 Å². The second kappa shape index (κ2) is 5.43. The highest BCUT2D eigenvalue weighted by Crippen LogP contribution is 2.33. The average molecular weight is 329 g/mol. The Morgan fingerprint density at radius 1 is 1.14 bits per heavy atom. The Morgan fingerprint density at radius 3 is 2.10 bits per heavy atom. The van der Waals surface area contributed by atoms with Gasteiger partial charge in [-0.15, -0.1) is 0 Å². The highest BCUT2D eigenvalue weighted by Gasteiger charge is 2.46. The number of benzene rings is 1. The number of hydrogen-bond acceptors (Lipinski definition) is 3. The van der Waals surface area contributed by atoms with Gasteiger partial charge in [-0.3, -0.25) is 0 Å². The Balaban J connectivity index is 2.05. The predicted molar refractivity (Wildman–Crippen MR) is 66.0 cm³/mol. The minimum atomic E-state index is -5.35. The number of sulfone groups is 1. The molecule has 21 heavy (non-hydrogen) atoms. The number of rotatable bonds is 4. The number of nitrogens with zero attached hydrogens (tertiary/aromatic N) is 1. The van der Waals surface area contributed by atoms with Crippen molar-refractivity contribution in [3.63, 3.8) is 0 Å². The summed E-state index contributed by atoms with van der Waals surface area (Å²) in [4.78, 5) is 0.875. The highest BCUT2D eigenvalue weighted by molar-refractivity contribution is 7.92. The third-order valence-corrected chi connectivity index (χ3v) is 4.79. The summed E-state index contributed by atoms with van der Waals surface area (Å²) in [5, 5.41) is 0. The van der Waals surface area contributed by atoms with Crippen LogP contribution in [-0.2, 0) is 9.84 Å². The van der Waals surface area contributed by atoms with E-state index in [1.807, 2.05) is 0 Å². The molecule has 1 aromatic carbocycles. The van der Waals surface area contributed by atoms with E-state index >= 15 is 0 Å². The molecular formula is C12H12F5NO2S. The van der Waals surface area contributed by atoms with Crippen molar-refractivity contribution in [2.75, 3.05) is 18.0 Å². The molecule has 3 nitrogen and oxygen atoms in total. The van der Waals surface area contributed by atoms with Crippen LogP contribution in [-0.4, -0.2) is 33.4 Å². The number of anilines is 1. The van der Waals surface area contributed by atoms with Crippen LogP contribution in [0.25, 0.3) is 0 Å². The van der Waals surface area contributed by atoms with Gasteiger partial charge >= 0.3 is 5.51 Å². The second-order valence-corrected chi connectivity index (χ2v) is 6.78. The van der Waals surface area contributed by atoms with Crippen LogP contribution in [0, 0.1) is 5.92 Å². The SMILES string of the molecule is O=S(=O)(c1ccc(N2CC(CC(F)F)C2)cc1)C(F)(F)F. The van der Waals surface area contributed by atoms with Crippen LogP contribution >= 0.6 is 0 Å². The lowest BCUT2D eigenvalue weighted by molar-refractivity contribution is -0.0436. The van der Waals surface area contributed by atoms with Gasteiger partial charge in [0.15, 0.2) is 0 Å². The van der Waals surface area contributed by atoms with Crippen molar-refractivity contribution in [3.05, 3.63) is 24.3 Å². The molecule has 0 unspecified atom stereocenters. The van der Waals surface area contributed by atoms with E-state index in [1.54, 1.807) is 4.90 Å². The summed E-state index contributed by atoms with van der Waals surface area (Å²) >= 11 is 0. The molecule has 1 aromatic rings. The molecule has 1 saturated heterocycles. The van der Waals surface area contributed by atoms with E-state index in [2.05, 4.69) is 0 Å². The standard InChI is InChI=1S/C12H12F5NO2S/c13-11(14)5-8-6-18(7-8)9-1-3-10(4-2-9)21(19,20)12(15,16)17/h1-4,8,11H,5-7H2. The van der Waals surface area contributed by atoms with Crippen molar-refractivity contribution in [2.45, 2.75) is 23.3 Å². The molecule has 1 fully saturated rings. The minimum absolute atomic E-state index is 0.149. The fourth-order valence-electron chi connectivity index (χ4n) is 2.15. The van der Waals surface area contributed by atoms with Crippen molar-refractivity contribution >= 4 is 15.5 Å². The molecule has 0 spiro atoms. The molecular weight excluding hydrogens is 317 g/mol. The fraction of sp³-hybridized carbons (Fsp3) is 0.500. The lowest BCUT2D eigenvalue weighted by atomic mass is 9.96. The summed E-state index contributed by atoms with van der Waals surface area (Å²) < 4.78 is 83.7. The topological polar surface area (TPSA) is 37.4 Å². The van der Waals surface area contributed by atoms with Crippen molar-refractivity contribution in [3.8, 4) is 0 Å². The first kappa shape index (κ1) is 16.0. The van der Waals surface area contributed by atoms with E-state index in [9.17, 15) is 30.4 Å². The van der Waals surface area contributed by atoms with Crippen LogP contribution < -0.4 is 4.90 Å². The first-order chi connectivity index (χ1) is 9.61. The zero-order valence-corrected chi connectivity index (χ0v) is 11.5. The minimum Gasteiger partial charge on any atom is -0.371 e. The Hall–Kier alpha value is -1.38. The van der Waals surface area contributed by atoms with Crippen molar-refractivity contribution in [2.24, 2.45) is 5.92 Å².